The third-order valence-electron chi connectivity index (χ3n) is 4.38. The second-order valence-corrected chi connectivity index (χ2v) is 8.85. The number of anilines is 1. The lowest BCUT2D eigenvalue weighted by molar-refractivity contribution is -0.119. The number of carbonyl (C=O) groups is 1. The third kappa shape index (κ3) is 5.42. The van der Waals surface area contributed by atoms with Crippen LogP contribution in [0.25, 0.3) is 0 Å². The number of amides is 1. The second-order valence-electron chi connectivity index (χ2n) is 6.55. The van der Waals surface area contributed by atoms with E-state index in [2.05, 4.69) is 10.5 Å². The quantitative estimate of drug-likeness (QED) is 0.416. The standard InChI is InChI=1S/C22H20ClN3O4S/c1-16(20-9-5-6-10-21(20)27)24-25-22(28)15-26(18-7-3-2-4-8-18)31(29,30)19-13-11-17(23)12-14-19/h2-14,27H,15H2,1H3,(H,25,28)/b24-16-. The molecule has 3 aromatic rings. The summed E-state index contributed by atoms with van der Waals surface area (Å²) in [7, 11) is -4.04. The molecule has 1 amide bonds. The zero-order valence-electron chi connectivity index (χ0n) is 16.6. The van der Waals surface area contributed by atoms with Gasteiger partial charge in [-0.25, -0.2) is 13.8 Å². The molecule has 3 rings (SSSR count). The lowest BCUT2D eigenvalue weighted by atomic mass is 10.1. The van der Waals surface area contributed by atoms with Gasteiger partial charge in [-0.1, -0.05) is 41.9 Å². The van der Waals surface area contributed by atoms with E-state index in [0.29, 0.717) is 22.0 Å². The lowest BCUT2D eigenvalue weighted by Crippen LogP contribution is -2.39. The Bertz CT molecular complexity index is 1200. The number of phenols is 1. The number of hydrogen-bond donors (Lipinski definition) is 2. The Hall–Kier alpha value is -3.36. The fourth-order valence-electron chi connectivity index (χ4n) is 2.79. The van der Waals surface area contributed by atoms with Crippen LogP contribution in [0.5, 0.6) is 5.75 Å². The largest absolute Gasteiger partial charge is 0.507 e. The van der Waals surface area contributed by atoms with Gasteiger partial charge in [0.1, 0.15) is 12.3 Å². The molecule has 3 aromatic carbocycles. The Kier molecular flexibility index (Phi) is 6.94. The fourth-order valence-corrected chi connectivity index (χ4v) is 4.34. The maximum atomic E-state index is 13.2. The van der Waals surface area contributed by atoms with Crippen LogP contribution in [0.4, 0.5) is 5.69 Å². The molecule has 0 saturated heterocycles. The maximum Gasteiger partial charge on any atom is 0.264 e. The number of hydrazone groups is 1. The van der Waals surface area contributed by atoms with Crippen LogP contribution in [0.1, 0.15) is 12.5 Å². The summed E-state index contributed by atoms with van der Waals surface area (Å²) in [5.74, 6) is -0.620. The molecule has 0 bridgehead atoms. The smallest absolute Gasteiger partial charge is 0.264 e. The molecule has 31 heavy (non-hydrogen) atoms. The summed E-state index contributed by atoms with van der Waals surface area (Å²) in [4.78, 5) is 12.6. The highest BCUT2D eigenvalue weighted by Crippen LogP contribution is 2.24. The van der Waals surface area contributed by atoms with Crippen molar-refractivity contribution in [3.05, 3.63) is 89.4 Å². The van der Waals surface area contributed by atoms with Gasteiger partial charge in [0.2, 0.25) is 0 Å². The average Bonchev–Trinajstić information content (AvgIpc) is 2.77. The van der Waals surface area contributed by atoms with Crippen molar-refractivity contribution in [1.29, 1.82) is 0 Å². The van der Waals surface area contributed by atoms with E-state index in [1.807, 2.05) is 0 Å². The molecule has 0 heterocycles. The van der Waals surface area contributed by atoms with E-state index in [9.17, 15) is 18.3 Å². The van der Waals surface area contributed by atoms with Crippen molar-refractivity contribution in [2.75, 3.05) is 10.8 Å². The first-order valence-electron chi connectivity index (χ1n) is 9.24. The highest BCUT2D eigenvalue weighted by Gasteiger charge is 2.27. The summed E-state index contributed by atoms with van der Waals surface area (Å²) in [6, 6.07) is 20.6. The number of para-hydroxylation sites is 2. The van der Waals surface area contributed by atoms with Crippen molar-refractivity contribution in [1.82, 2.24) is 5.43 Å². The summed E-state index contributed by atoms with van der Waals surface area (Å²) >= 11 is 5.87. The van der Waals surface area contributed by atoms with E-state index < -0.39 is 22.5 Å². The average molecular weight is 458 g/mol. The van der Waals surface area contributed by atoms with E-state index in [0.717, 1.165) is 4.31 Å². The number of sulfonamides is 1. The number of aromatic hydroxyl groups is 1. The first-order valence-corrected chi connectivity index (χ1v) is 11.1. The van der Waals surface area contributed by atoms with Gasteiger partial charge in [-0.15, -0.1) is 0 Å². The van der Waals surface area contributed by atoms with Gasteiger partial charge in [0, 0.05) is 10.6 Å². The molecule has 9 heteroatoms. The van der Waals surface area contributed by atoms with E-state index in [1.54, 1.807) is 55.5 Å². The Balaban J connectivity index is 1.86. The highest BCUT2D eigenvalue weighted by molar-refractivity contribution is 7.92. The van der Waals surface area contributed by atoms with Crippen LogP contribution < -0.4 is 9.73 Å². The maximum absolute atomic E-state index is 13.2. The molecular formula is C22H20ClN3O4S. The zero-order chi connectivity index (χ0) is 22.4. The molecule has 0 aliphatic rings. The van der Waals surface area contributed by atoms with Gasteiger partial charge >= 0.3 is 0 Å². The van der Waals surface area contributed by atoms with Crippen molar-refractivity contribution in [2.45, 2.75) is 11.8 Å². The molecule has 7 nitrogen and oxygen atoms in total. The number of nitrogens with one attached hydrogen (secondary N) is 1. The molecule has 160 valence electrons. The van der Waals surface area contributed by atoms with E-state index in [1.165, 1.54) is 30.3 Å². The van der Waals surface area contributed by atoms with Crippen LogP contribution >= 0.6 is 11.6 Å². The monoisotopic (exact) mass is 457 g/mol. The molecular weight excluding hydrogens is 438 g/mol. The van der Waals surface area contributed by atoms with Crippen LogP contribution in [0.3, 0.4) is 0 Å². The van der Waals surface area contributed by atoms with Gasteiger partial charge in [-0.3, -0.25) is 9.10 Å². The summed E-state index contributed by atoms with van der Waals surface area (Å²) in [5.41, 5.74) is 3.51. The van der Waals surface area contributed by atoms with Crippen molar-refractivity contribution in [2.24, 2.45) is 5.10 Å². The van der Waals surface area contributed by atoms with Gasteiger partial charge in [-0.2, -0.15) is 5.10 Å². The first kappa shape index (κ1) is 22.3. The van der Waals surface area contributed by atoms with Gasteiger partial charge in [0.05, 0.1) is 16.3 Å². The minimum atomic E-state index is -4.04. The number of carbonyl (C=O) groups excluding carboxylic acids is 1. The number of phenolic OH excluding ortho intramolecular Hbond substituents is 1. The van der Waals surface area contributed by atoms with Crippen molar-refractivity contribution < 1.29 is 18.3 Å². The number of benzene rings is 3. The highest BCUT2D eigenvalue weighted by atomic mass is 35.5. The zero-order valence-corrected chi connectivity index (χ0v) is 18.1. The molecule has 0 aliphatic carbocycles. The van der Waals surface area contributed by atoms with Crippen molar-refractivity contribution in [3.8, 4) is 5.75 Å². The van der Waals surface area contributed by atoms with E-state index in [-0.39, 0.29) is 10.6 Å². The summed E-state index contributed by atoms with van der Waals surface area (Å²) in [6.45, 7) is 1.13. The first-order chi connectivity index (χ1) is 14.8. The van der Waals surface area contributed by atoms with Crippen LogP contribution in [0, 0.1) is 0 Å². The van der Waals surface area contributed by atoms with Gasteiger partial charge < -0.3 is 5.11 Å². The van der Waals surface area contributed by atoms with E-state index >= 15 is 0 Å². The number of nitrogens with zero attached hydrogens (tertiary/aromatic N) is 2. The summed E-state index contributed by atoms with van der Waals surface area (Å²) in [5, 5.41) is 14.3. The normalized spacial score (nSPS) is 11.7. The van der Waals surface area contributed by atoms with Gasteiger partial charge in [0.15, 0.2) is 0 Å². The number of hydrogen-bond acceptors (Lipinski definition) is 5. The molecule has 2 N–H and O–H groups in total. The van der Waals surface area contributed by atoms with Crippen LogP contribution in [0.15, 0.2) is 88.9 Å². The Morgan fingerprint density at radius 1 is 1.00 bits per heavy atom. The summed E-state index contributed by atoms with van der Waals surface area (Å²) < 4.78 is 27.4. The molecule has 0 radical (unpaired) electrons. The minimum Gasteiger partial charge on any atom is -0.507 e. The van der Waals surface area contributed by atoms with Crippen LogP contribution in [-0.4, -0.2) is 31.7 Å². The van der Waals surface area contributed by atoms with Crippen LogP contribution in [-0.2, 0) is 14.8 Å². The van der Waals surface area contributed by atoms with E-state index in [4.69, 9.17) is 11.6 Å². The third-order valence-corrected chi connectivity index (χ3v) is 6.42. The van der Waals surface area contributed by atoms with Gasteiger partial charge in [0.25, 0.3) is 15.9 Å². The molecule has 0 aliphatic heterocycles. The fraction of sp³-hybridized carbons (Fsp3) is 0.0909. The number of halogens is 1. The Morgan fingerprint density at radius 2 is 1.61 bits per heavy atom. The molecule has 0 fully saturated rings. The summed E-state index contributed by atoms with van der Waals surface area (Å²) in [6.07, 6.45) is 0. The second kappa shape index (κ2) is 9.63. The molecule has 0 spiro atoms. The predicted octanol–water partition coefficient (Wildman–Crippen LogP) is 3.78. The van der Waals surface area contributed by atoms with Crippen molar-refractivity contribution >= 4 is 38.9 Å². The topological polar surface area (TPSA) is 99.1 Å². The minimum absolute atomic E-state index is 0.00226. The number of rotatable bonds is 7. The predicted molar refractivity (Wildman–Crippen MR) is 121 cm³/mol. The van der Waals surface area contributed by atoms with Gasteiger partial charge in [-0.05, 0) is 55.5 Å². The Morgan fingerprint density at radius 3 is 2.26 bits per heavy atom. The van der Waals surface area contributed by atoms with Crippen molar-refractivity contribution in [3.63, 3.8) is 0 Å². The SMILES string of the molecule is C/C(=N/NC(=O)CN(c1ccccc1)S(=O)(=O)c1ccc(Cl)cc1)c1ccccc1O. The molecule has 0 aromatic heterocycles. The Labute approximate surface area is 185 Å². The lowest BCUT2D eigenvalue weighted by Gasteiger charge is -2.23. The molecule has 0 saturated carbocycles. The molecule has 0 unspecified atom stereocenters. The molecule has 0 atom stereocenters. The van der Waals surface area contributed by atoms with Crippen LogP contribution in [0.2, 0.25) is 5.02 Å².